The molecule has 1 saturated heterocycles. The Balaban J connectivity index is 0.00000112. The Morgan fingerprint density at radius 3 is 2.53 bits per heavy atom. The largest absolute Gasteiger partial charge is 0.391 e. The maximum atomic E-state index is 9.80. The van der Waals surface area contributed by atoms with E-state index in [9.17, 15) is 5.11 Å². The molecule has 2 nitrogen and oxygen atoms in total. The highest BCUT2D eigenvalue weighted by Crippen LogP contribution is 2.24. The first-order valence-electron chi connectivity index (χ1n) is 4.94. The summed E-state index contributed by atoms with van der Waals surface area (Å²) >= 11 is 5.80. The predicted octanol–water partition coefficient (Wildman–Crippen LogP) is 2.55. The summed E-state index contributed by atoms with van der Waals surface area (Å²) in [4.78, 5) is 0. The average molecular weight is 248 g/mol. The second kappa shape index (κ2) is 5.71. The average Bonchev–Trinajstić information content (AvgIpc) is 2.20. The smallest absolute Gasteiger partial charge is 0.0735 e. The van der Waals surface area contributed by atoms with Gasteiger partial charge in [-0.2, -0.15) is 0 Å². The molecule has 2 rings (SSSR count). The van der Waals surface area contributed by atoms with E-state index >= 15 is 0 Å². The van der Waals surface area contributed by atoms with Gasteiger partial charge in [-0.05, 0) is 37.1 Å². The highest BCUT2D eigenvalue weighted by molar-refractivity contribution is 6.30. The number of nitrogens with one attached hydrogen (secondary N) is 1. The predicted molar refractivity (Wildman–Crippen MR) is 64.7 cm³/mol. The van der Waals surface area contributed by atoms with Crippen LogP contribution in [0.15, 0.2) is 24.3 Å². The molecular formula is C11H15Cl2NO. The lowest BCUT2D eigenvalue weighted by Crippen LogP contribution is -2.37. The van der Waals surface area contributed by atoms with Gasteiger partial charge < -0.3 is 10.4 Å². The minimum absolute atomic E-state index is 0. The van der Waals surface area contributed by atoms with Crippen molar-refractivity contribution in [3.8, 4) is 0 Å². The summed E-state index contributed by atoms with van der Waals surface area (Å²) in [6, 6.07) is 7.73. The SMILES string of the molecule is Cl.OC1CCCNC1c1ccc(Cl)cc1. The van der Waals surface area contributed by atoms with Gasteiger partial charge in [0.15, 0.2) is 0 Å². The summed E-state index contributed by atoms with van der Waals surface area (Å²) in [7, 11) is 0. The molecule has 0 amide bonds. The van der Waals surface area contributed by atoms with E-state index in [1.54, 1.807) is 0 Å². The lowest BCUT2D eigenvalue weighted by atomic mass is 9.95. The Morgan fingerprint density at radius 2 is 1.93 bits per heavy atom. The van der Waals surface area contributed by atoms with Crippen molar-refractivity contribution in [2.45, 2.75) is 25.0 Å². The summed E-state index contributed by atoms with van der Waals surface area (Å²) in [6.07, 6.45) is 1.65. The molecule has 0 saturated carbocycles. The van der Waals surface area contributed by atoms with E-state index in [0.29, 0.717) is 0 Å². The zero-order chi connectivity index (χ0) is 9.97. The molecule has 15 heavy (non-hydrogen) atoms. The second-order valence-corrected chi connectivity index (χ2v) is 4.13. The number of benzene rings is 1. The van der Waals surface area contributed by atoms with Gasteiger partial charge in [-0.1, -0.05) is 23.7 Å². The van der Waals surface area contributed by atoms with Gasteiger partial charge >= 0.3 is 0 Å². The third-order valence-electron chi connectivity index (χ3n) is 2.65. The van der Waals surface area contributed by atoms with Crippen LogP contribution in [0.5, 0.6) is 0 Å². The van der Waals surface area contributed by atoms with Crippen LogP contribution in [0.3, 0.4) is 0 Å². The molecule has 2 N–H and O–H groups in total. The fourth-order valence-corrected chi connectivity index (χ4v) is 2.01. The molecule has 0 aromatic heterocycles. The third kappa shape index (κ3) is 3.08. The summed E-state index contributed by atoms with van der Waals surface area (Å²) < 4.78 is 0. The Kier molecular flexibility index (Phi) is 4.87. The summed E-state index contributed by atoms with van der Waals surface area (Å²) in [6.45, 7) is 0.977. The van der Waals surface area contributed by atoms with Crippen LogP contribution in [0.25, 0.3) is 0 Å². The van der Waals surface area contributed by atoms with Crippen molar-refractivity contribution in [2.75, 3.05) is 6.54 Å². The Bertz CT molecular complexity index is 302. The molecule has 84 valence electrons. The van der Waals surface area contributed by atoms with Crippen LogP contribution in [0.2, 0.25) is 5.02 Å². The number of aliphatic hydroxyl groups excluding tert-OH is 1. The Morgan fingerprint density at radius 1 is 1.27 bits per heavy atom. The summed E-state index contributed by atoms with van der Waals surface area (Å²) in [5, 5.41) is 13.8. The molecule has 1 heterocycles. The molecule has 1 aliphatic heterocycles. The van der Waals surface area contributed by atoms with Gasteiger partial charge in [0, 0.05) is 5.02 Å². The summed E-state index contributed by atoms with van der Waals surface area (Å²) in [5.41, 5.74) is 1.11. The molecule has 1 aromatic rings. The van der Waals surface area contributed by atoms with Gasteiger partial charge in [-0.3, -0.25) is 0 Å². The molecule has 1 fully saturated rings. The second-order valence-electron chi connectivity index (χ2n) is 3.69. The fraction of sp³-hybridized carbons (Fsp3) is 0.455. The van der Waals surface area contributed by atoms with E-state index in [2.05, 4.69) is 5.32 Å². The van der Waals surface area contributed by atoms with Crippen molar-refractivity contribution in [1.82, 2.24) is 5.32 Å². The number of hydrogen-bond acceptors (Lipinski definition) is 2. The van der Waals surface area contributed by atoms with Crippen LogP contribution >= 0.6 is 24.0 Å². The maximum absolute atomic E-state index is 9.80. The van der Waals surface area contributed by atoms with Crippen LogP contribution < -0.4 is 5.32 Å². The van der Waals surface area contributed by atoms with Crippen LogP contribution in [0.1, 0.15) is 24.4 Å². The standard InChI is InChI=1S/C11H14ClNO.ClH/c12-9-5-3-8(4-6-9)11-10(14)2-1-7-13-11;/h3-6,10-11,13-14H,1-2,7H2;1H. The zero-order valence-electron chi connectivity index (χ0n) is 8.32. The molecule has 0 aliphatic carbocycles. The number of aliphatic hydroxyl groups is 1. The first-order chi connectivity index (χ1) is 6.77. The maximum Gasteiger partial charge on any atom is 0.0735 e. The van der Waals surface area contributed by atoms with Crippen LogP contribution in [-0.4, -0.2) is 17.8 Å². The van der Waals surface area contributed by atoms with Gasteiger partial charge in [0.2, 0.25) is 0 Å². The highest BCUT2D eigenvalue weighted by Gasteiger charge is 2.23. The van der Waals surface area contributed by atoms with Crippen LogP contribution in [-0.2, 0) is 0 Å². The minimum atomic E-state index is -0.273. The molecule has 2 unspecified atom stereocenters. The Labute approximate surface area is 101 Å². The number of hydrogen-bond donors (Lipinski definition) is 2. The van der Waals surface area contributed by atoms with Gasteiger partial charge in [-0.15, -0.1) is 12.4 Å². The zero-order valence-corrected chi connectivity index (χ0v) is 9.89. The third-order valence-corrected chi connectivity index (χ3v) is 2.91. The van der Waals surface area contributed by atoms with E-state index in [1.165, 1.54) is 0 Å². The van der Waals surface area contributed by atoms with E-state index in [-0.39, 0.29) is 24.6 Å². The Hall–Kier alpha value is -0.280. The van der Waals surface area contributed by atoms with Gasteiger partial charge in [0.1, 0.15) is 0 Å². The van der Waals surface area contributed by atoms with Crippen molar-refractivity contribution in [3.05, 3.63) is 34.9 Å². The minimum Gasteiger partial charge on any atom is -0.391 e. The monoisotopic (exact) mass is 247 g/mol. The van der Waals surface area contributed by atoms with Crippen LogP contribution in [0, 0.1) is 0 Å². The molecule has 4 heteroatoms. The van der Waals surface area contributed by atoms with Crippen molar-refractivity contribution >= 4 is 24.0 Å². The van der Waals surface area contributed by atoms with Gasteiger partial charge in [0.25, 0.3) is 0 Å². The number of rotatable bonds is 1. The van der Waals surface area contributed by atoms with Crippen molar-refractivity contribution < 1.29 is 5.11 Å². The number of piperidine rings is 1. The van der Waals surface area contributed by atoms with Crippen molar-refractivity contribution in [1.29, 1.82) is 0 Å². The van der Waals surface area contributed by atoms with E-state index in [4.69, 9.17) is 11.6 Å². The topological polar surface area (TPSA) is 32.3 Å². The van der Waals surface area contributed by atoms with E-state index < -0.39 is 0 Å². The quantitative estimate of drug-likeness (QED) is 0.800. The first kappa shape index (κ1) is 12.8. The summed E-state index contributed by atoms with van der Waals surface area (Å²) in [5.74, 6) is 0. The number of halogens is 2. The van der Waals surface area contributed by atoms with Crippen molar-refractivity contribution in [3.63, 3.8) is 0 Å². The highest BCUT2D eigenvalue weighted by atomic mass is 35.5. The van der Waals surface area contributed by atoms with E-state index in [0.717, 1.165) is 30.0 Å². The fourth-order valence-electron chi connectivity index (χ4n) is 1.88. The molecule has 0 spiro atoms. The molecule has 0 radical (unpaired) electrons. The molecule has 1 aliphatic rings. The molecule has 2 atom stereocenters. The first-order valence-corrected chi connectivity index (χ1v) is 5.32. The molecule has 1 aromatic carbocycles. The van der Waals surface area contributed by atoms with Gasteiger partial charge in [0.05, 0.1) is 12.1 Å². The van der Waals surface area contributed by atoms with Crippen molar-refractivity contribution in [2.24, 2.45) is 0 Å². The normalized spacial score (nSPS) is 25.7. The lowest BCUT2D eigenvalue weighted by Gasteiger charge is -2.29. The van der Waals surface area contributed by atoms with Crippen LogP contribution in [0.4, 0.5) is 0 Å². The lowest BCUT2D eigenvalue weighted by molar-refractivity contribution is 0.0965. The molecule has 0 bridgehead atoms. The molecular weight excluding hydrogens is 233 g/mol. The van der Waals surface area contributed by atoms with E-state index in [1.807, 2.05) is 24.3 Å². The van der Waals surface area contributed by atoms with Gasteiger partial charge in [-0.25, -0.2) is 0 Å².